The first-order valence-corrected chi connectivity index (χ1v) is 17.4. The number of fused-ring (bicyclic) bond motifs is 3. The molecule has 48 heavy (non-hydrogen) atoms. The molecule has 4 fully saturated rings. The Kier molecular flexibility index (Phi) is 8.62. The normalized spacial score (nSPS) is 24.6. The van der Waals surface area contributed by atoms with Crippen LogP contribution in [0.4, 0.5) is 27.7 Å². The maximum Gasteiger partial charge on any atom is 0.323 e. The van der Waals surface area contributed by atoms with Gasteiger partial charge in [0, 0.05) is 69.0 Å². The molecular weight excluding hydrogens is 606 g/mol. The van der Waals surface area contributed by atoms with Crippen molar-refractivity contribution in [1.29, 1.82) is 0 Å². The highest BCUT2D eigenvalue weighted by Gasteiger charge is 2.36. The third-order valence-electron chi connectivity index (χ3n) is 10.5. The van der Waals surface area contributed by atoms with Crippen LogP contribution in [-0.2, 0) is 9.47 Å². The summed E-state index contributed by atoms with van der Waals surface area (Å²) in [6, 6.07) is 15.8. The Morgan fingerprint density at radius 1 is 0.812 bits per heavy atom. The fourth-order valence-electron chi connectivity index (χ4n) is 7.68. The Labute approximate surface area is 281 Å². The maximum absolute atomic E-state index is 12.9. The quantitative estimate of drug-likeness (QED) is 0.272. The Bertz CT molecular complexity index is 1720. The molecule has 2 unspecified atom stereocenters. The minimum absolute atomic E-state index is 0.239. The number of hydrogen-bond acceptors (Lipinski definition) is 9. The van der Waals surface area contributed by atoms with Gasteiger partial charge in [0.05, 0.1) is 35.9 Å². The van der Waals surface area contributed by atoms with E-state index in [-0.39, 0.29) is 24.3 Å². The maximum atomic E-state index is 12.9. The van der Waals surface area contributed by atoms with E-state index >= 15 is 0 Å². The monoisotopic (exact) mass is 651 g/mol. The lowest BCUT2D eigenvalue weighted by Gasteiger charge is -2.34. The number of urea groups is 1. The molecule has 4 aliphatic rings. The van der Waals surface area contributed by atoms with Gasteiger partial charge in [0.15, 0.2) is 11.5 Å². The smallest absolute Gasteiger partial charge is 0.323 e. The van der Waals surface area contributed by atoms with Crippen LogP contribution < -0.4 is 20.4 Å². The number of anilines is 4. The first-order valence-electron chi connectivity index (χ1n) is 17.4. The van der Waals surface area contributed by atoms with Crippen LogP contribution in [0.5, 0.6) is 0 Å². The van der Waals surface area contributed by atoms with E-state index in [9.17, 15) is 4.79 Å². The van der Waals surface area contributed by atoms with Crippen molar-refractivity contribution < 1.29 is 14.3 Å². The zero-order valence-electron chi connectivity index (χ0n) is 27.8. The molecule has 1 saturated carbocycles. The first kappa shape index (κ1) is 31.0. The van der Waals surface area contributed by atoms with E-state index in [2.05, 4.69) is 49.2 Å². The van der Waals surface area contributed by atoms with Gasteiger partial charge in [-0.25, -0.2) is 19.4 Å². The van der Waals surface area contributed by atoms with Crippen LogP contribution in [0.1, 0.15) is 44.6 Å². The van der Waals surface area contributed by atoms with Crippen molar-refractivity contribution in [3.8, 4) is 11.4 Å². The van der Waals surface area contributed by atoms with Crippen molar-refractivity contribution in [3.05, 3.63) is 54.7 Å². The number of hydrogen-bond donors (Lipinski definition) is 2. The molecule has 0 radical (unpaired) electrons. The molecule has 2 bridgehead atoms. The number of rotatable bonds is 7. The van der Waals surface area contributed by atoms with E-state index in [1.807, 2.05) is 42.6 Å². The molecule has 12 nitrogen and oxygen atoms in total. The summed E-state index contributed by atoms with van der Waals surface area (Å²) < 4.78 is 13.9. The van der Waals surface area contributed by atoms with E-state index in [4.69, 9.17) is 24.5 Å². The van der Waals surface area contributed by atoms with Crippen LogP contribution in [0.15, 0.2) is 54.7 Å². The third kappa shape index (κ3) is 6.44. The molecule has 2 N–H and O–H groups in total. The molecular formula is C36H45N9O3. The number of methoxy groups -OCH3 is 1. The van der Waals surface area contributed by atoms with Crippen LogP contribution in [0.3, 0.4) is 0 Å². The summed E-state index contributed by atoms with van der Waals surface area (Å²) in [5, 5.41) is 11.8. The van der Waals surface area contributed by atoms with Crippen LogP contribution in [0, 0.1) is 0 Å². The number of carbonyl (C=O) groups excluding carboxylic acids is 1. The standard InChI is InChI=1S/C36H45N9O3/c1-42-17-19-43(20-18-42)27-9-7-26(8-10-27)39-36(46)38-25-5-3-24(4-6-25)33-40-34(44-22-30-15-16-31(23-44)48-30)32-21-37-45(35(32)41-33)28-11-13-29(47-2)14-12-28/h3-10,21,28-31H,11-20,22-23H2,1-2H3,(H2,38,39,46). The largest absolute Gasteiger partial charge is 0.381 e. The summed E-state index contributed by atoms with van der Waals surface area (Å²) in [5.74, 6) is 1.58. The third-order valence-corrected chi connectivity index (χ3v) is 10.5. The van der Waals surface area contributed by atoms with Crippen LogP contribution in [-0.4, -0.2) is 102 Å². The minimum Gasteiger partial charge on any atom is -0.381 e. The number of morpholine rings is 1. The number of nitrogens with one attached hydrogen (secondary N) is 2. The summed E-state index contributed by atoms with van der Waals surface area (Å²) in [5.41, 5.74) is 4.37. The molecule has 1 aliphatic carbocycles. The summed E-state index contributed by atoms with van der Waals surface area (Å²) >= 11 is 0. The number of ether oxygens (including phenoxy) is 2. The van der Waals surface area contributed by atoms with Gasteiger partial charge in [0.1, 0.15) is 5.82 Å². The van der Waals surface area contributed by atoms with E-state index < -0.39 is 0 Å². The summed E-state index contributed by atoms with van der Waals surface area (Å²) in [6.45, 7) is 5.77. The van der Waals surface area contributed by atoms with Crippen molar-refractivity contribution in [2.24, 2.45) is 0 Å². The Morgan fingerprint density at radius 3 is 2.10 bits per heavy atom. The number of piperazine rings is 1. The molecule has 3 aliphatic heterocycles. The molecule has 2 atom stereocenters. The molecule has 0 spiro atoms. The highest BCUT2D eigenvalue weighted by molar-refractivity contribution is 6.00. The predicted octanol–water partition coefficient (Wildman–Crippen LogP) is 5.39. The highest BCUT2D eigenvalue weighted by Crippen LogP contribution is 2.37. The second kappa shape index (κ2) is 13.3. The lowest BCUT2D eigenvalue weighted by molar-refractivity contribution is 0.0303. The number of amides is 2. The van der Waals surface area contributed by atoms with Crippen molar-refractivity contribution in [2.45, 2.75) is 62.9 Å². The van der Waals surface area contributed by atoms with Gasteiger partial charge in [0.2, 0.25) is 0 Å². The fourth-order valence-corrected chi connectivity index (χ4v) is 7.68. The van der Waals surface area contributed by atoms with Gasteiger partial charge in [-0.05, 0) is 94.1 Å². The van der Waals surface area contributed by atoms with E-state index in [1.165, 1.54) is 5.69 Å². The topological polar surface area (TPSA) is 113 Å². The van der Waals surface area contributed by atoms with E-state index in [0.717, 1.165) is 106 Å². The number of nitrogens with zero attached hydrogens (tertiary/aromatic N) is 7. The zero-order chi connectivity index (χ0) is 32.6. The number of carbonyl (C=O) groups is 1. The molecule has 2 amide bonds. The second-order valence-electron chi connectivity index (χ2n) is 13.7. The molecule has 12 heteroatoms. The minimum atomic E-state index is -0.288. The molecule has 2 aromatic carbocycles. The predicted molar refractivity (Wildman–Crippen MR) is 188 cm³/mol. The van der Waals surface area contributed by atoms with Crippen molar-refractivity contribution >= 4 is 39.9 Å². The highest BCUT2D eigenvalue weighted by atomic mass is 16.5. The van der Waals surface area contributed by atoms with E-state index in [1.54, 1.807) is 7.11 Å². The molecule has 2 aromatic heterocycles. The Morgan fingerprint density at radius 2 is 1.46 bits per heavy atom. The van der Waals surface area contributed by atoms with Crippen molar-refractivity contribution in [1.82, 2.24) is 24.6 Å². The lowest BCUT2D eigenvalue weighted by Crippen LogP contribution is -2.44. The molecule has 4 aromatic rings. The van der Waals surface area contributed by atoms with Gasteiger partial charge in [0.25, 0.3) is 0 Å². The first-order chi connectivity index (χ1) is 23.5. The van der Waals surface area contributed by atoms with Crippen LogP contribution >= 0.6 is 0 Å². The molecule has 3 saturated heterocycles. The van der Waals surface area contributed by atoms with Gasteiger partial charge in [-0.15, -0.1) is 0 Å². The zero-order valence-corrected chi connectivity index (χ0v) is 27.8. The average molecular weight is 652 g/mol. The molecule has 8 rings (SSSR count). The fraction of sp³-hybridized carbons (Fsp3) is 0.500. The Hall–Kier alpha value is -4.26. The Balaban J connectivity index is 0.997. The SMILES string of the molecule is COC1CCC(n2ncc3c(N4CC5CCC(C4)O5)nc(-c4ccc(NC(=O)Nc5ccc(N6CCN(C)CC6)cc5)cc4)nc32)CC1. The van der Waals surface area contributed by atoms with Gasteiger partial charge in [-0.2, -0.15) is 5.10 Å². The summed E-state index contributed by atoms with van der Waals surface area (Å²) in [4.78, 5) is 30.2. The van der Waals surface area contributed by atoms with E-state index in [0.29, 0.717) is 17.6 Å². The summed E-state index contributed by atoms with van der Waals surface area (Å²) in [7, 11) is 3.96. The number of aromatic nitrogens is 4. The van der Waals surface area contributed by atoms with Crippen molar-refractivity contribution in [2.75, 3.05) is 73.9 Å². The number of benzene rings is 2. The van der Waals surface area contributed by atoms with Gasteiger partial charge >= 0.3 is 6.03 Å². The lowest BCUT2D eigenvalue weighted by atomic mass is 9.93. The number of likely N-dealkylation sites (N-methyl/N-ethyl adjacent to an activating group) is 1. The van der Waals surface area contributed by atoms with Crippen LogP contribution in [0.25, 0.3) is 22.4 Å². The summed E-state index contributed by atoms with van der Waals surface area (Å²) in [6.07, 6.45) is 8.97. The second-order valence-corrected chi connectivity index (χ2v) is 13.7. The van der Waals surface area contributed by atoms with Crippen molar-refractivity contribution in [3.63, 3.8) is 0 Å². The van der Waals surface area contributed by atoms with Gasteiger partial charge in [-0.1, -0.05) is 0 Å². The molecule has 252 valence electrons. The van der Waals surface area contributed by atoms with Gasteiger partial charge < -0.3 is 34.8 Å². The van der Waals surface area contributed by atoms with Crippen LogP contribution in [0.2, 0.25) is 0 Å². The average Bonchev–Trinajstić information content (AvgIpc) is 3.70. The molecule has 5 heterocycles. The van der Waals surface area contributed by atoms with Gasteiger partial charge in [-0.3, -0.25) is 0 Å².